The van der Waals surface area contributed by atoms with Crippen LogP contribution in [0.5, 0.6) is 0 Å². The van der Waals surface area contributed by atoms with Crippen LogP contribution >= 0.6 is 11.6 Å². The van der Waals surface area contributed by atoms with Gasteiger partial charge in [-0.25, -0.2) is 8.78 Å². The van der Waals surface area contributed by atoms with Crippen LogP contribution in [-0.2, 0) is 5.54 Å². The van der Waals surface area contributed by atoms with Gasteiger partial charge in [0.15, 0.2) is 0 Å². The molecular weight excluding hydrogens is 256 g/mol. The van der Waals surface area contributed by atoms with Crippen molar-refractivity contribution in [3.8, 4) is 0 Å². The molecule has 0 saturated carbocycles. The second-order valence-electron chi connectivity index (χ2n) is 4.31. The lowest BCUT2D eigenvalue weighted by Gasteiger charge is -2.27. The predicted octanol–water partition coefficient (Wildman–Crippen LogP) is 3.84. The van der Waals surface area contributed by atoms with Crippen LogP contribution in [0, 0.1) is 11.6 Å². The summed E-state index contributed by atoms with van der Waals surface area (Å²) in [5, 5.41) is 0.473. The maximum absolute atomic E-state index is 13.8. The number of hydrogen-bond acceptors (Lipinski definition) is 1. The van der Waals surface area contributed by atoms with Gasteiger partial charge in [-0.15, -0.1) is 0 Å². The molecule has 0 fully saturated rings. The molecule has 0 aliphatic carbocycles. The molecule has 0 spiro atoms. The van der Waals surface area contributed by atoms with E-state index < -0.39 is 17.2 Å². The molecule has 0 amide bonds. The first-order valence-corrected chi connectivity index (χ1v) is 5.80. The molecule has 0 radical (unpaired) electrons. The summed E-state index contributed by atoms with van der Waals surface area (Å²) in [5.41, 5.74) is 5.21. The highest BCUT2D eigenvalue weighted by Crippen LogP contribution is 2.31. The van der Waals surface area contributed by atoms with Gasteiger partial charge in [0.1, 0.15) is 11.6 Å². The Morgan fingerprint density at radius 1 is 1.06 bits per heavy atom. The van der Waals surface area contributed by atoms with Gasteiger partial charge in [-0.05, 0) is 36.8 Å². The van der Waals surface area contributed by atoms with Gasteiger partial charge in [0.2, 0.25) is 0 Å². The standard InChI is InChI=1S/C14H12ClF2N/c1-14(18,9-4-2-5-10(15)8-9)13-11(16)6-3-7-12(13)17/h2-8H,18H2,1H3. The molecule has 0 aliphatic heterocycles. The Morgan fingerprint density at radius 2 is 1.61 bits per heavy atom. The van der Waals surface area contributed by atoms with E-state index in [9.17, 15) is 8.78 Å². The summed E-state index contributed by atoms with van der Waals surface area (Å²) < 4.78 is 27.6. The van der Waals surface area contributed by atoms with Crippen molar-refractivity contribution in [2.75, 3.05) is 0 Å². The van der Waals surface area contributed by atoms with Crippen LogP contribution in [0.3, 0.4) is 0 Å². The van der Waals surface area contributed by atoms with Crippen molar-refractivity contribution >= 4 is 11.6 Å². The Labute approximate surface area is 109 Å². The number of halogens is 3. The number of hydrogen-bond donors (Lipinski definition) is 1. The van der Waals surface area contributed by atoms with Gasteiger partial charge in [0.05, 0.1) is 5.54 Å². The van der Waals surface area contributed by atoms with Crippen molar-refractivity contribution in [2.45, 2.75) is 12.5 Å². The maximum atomic E-state index is 13.8. The summed E-state index contributed by atoms with van der Waals surface area (Å²) in [5.74, 6) is -1.33. The van der Waals surface area contributed by atoms with E-state index in [2.05, 4.69) is 0 Å². The average Bonchev–Trinajstić information content (AvgIpc) is 2.28. The highest BCUT2D eigenvalue weighted by molar-refractivity contribution is 6.30. The molecule has 0 heterocycles. The summed E-state index contributed by atoms with van der Waals surface area (Å²) in [6.45, 7) is 1.56. The van der Waals surface area contributed by atoms with Crippen LogP contribution in [-0.4, -0.2) is 0 Å². The van der Waals surface area contributed by atoms with Crippen LogP contribution < -0.4 is 5.73 Å². The number of rotatable bonds is 2. The molecule has 4 heteroatoms. The molecule has 1 unspecified atom stereocenters. The van der Waals surface area contributed by atoms with Gasteiger partial charge in [-0.2, -0.15) is 0 Å². The Balaban J connectivity index is 2.61. The van der Waals surface area contributed by atoms with Crippen LogP contribution in [0.1, 0.15) is 18.1 Å². The molecule has 2 aromatic rings. The average molecular weight is 268 g/mol. The second-order valence-corrected chi connectivity index (χ2v) is 4.75. The van der Waals surface area contributed by atoms with E-state index in [0.717, 1.165) is 0 Å². The fourth-order valence-corrected chi connectivity index (χ4v) is 2.14. The van der Waals surface area contributed by atoms with Crippen molar-refractivity contribution in [3.63, 3.8) is 0 Å². The highest BCUT2D eigenvalue weighted by atomic mass is 35.5. The summed E-state index contributed by atoms with van der Waals surface area (Å²) in [4.78, 5) is 0. The Kier molecular flexibility index (Phi) is 3.37. The largest absolute Gasteiger partial charge is 0.318 e. The molecule has 0 aliphatic rings. The SMILES string of the molecule is CC(N)(c1cccc(Cl)c1)c1c(F)cccc1F. The third kappa shape index (κ3) is 2.24. The maximum Gasteiger partial charge on any atom is 0.131 e. The van der Waals surface area contributed by atoms with E-state index in [1.807, 2.05) is 0 Å². The summed E-state index contributed by atoms with van der Waals surface area (Å²) in [7, 11) is 0. The molecule has 1 atom stereocenters. The molecular formula is C14H12ClF2N. The fourth-order valence-electron chi connectivity index (χ4n) is 1.95. The van der Waals surface area contributed by atoms with Gasteiger partial charge in [-0.1, -0.05) is 29.8 Å². The minimum atomic E-state index is -1.28. The first kappa shape index (κ1) is 13.0. The monoisotopic (exact) mass is 267 g/mol. The second kappa shape index (κ2) is 4.67. The zero-order valence-corrected chi connectivity index (χ0v) is 10.5. The van der Waals surface area contributed by atoms with E-state index in [4.69, 9.17) is 17.3 Å². The molecule has 0 bridgehead atoms. The predicted molar refractivity (Wildman–Crippen MR) is 68.5 cm³/mol. The highest BCUT2D eigenvalue weighted by Gasteiger charge is 2.30. The minimum Gasteiger partial charge on any atom is -0.318 e. The Morgan fingerprint density at radius 3 is 2.17 bits per heavy atom. The number of benzene rings is 2. The van der Waals surface area contributed by atoms with Crippen LogP contribution in [0.15, 0.2) is 42.5 Å². The van der Waals surface area contributed by atoms with Crippen molar-refractivity contribution in [3.05, 3.63) is 70.2 Å². The van der Waals surface area contributed by atoms with Crippen LogP contribution in [0.4, 0.5) is 8.78 Å². The summed E-state index contributed by atoms with van der Waals surface area (Å²) >= 11 is 5.87. The van der Waals surface area contributed by atoms with E-state index in [1.165, 1.54) is 18.2 Å². The molecule has 0 aromatic heterocycles. The lowest BCUT2D eigenvalue weighted by molar-refractivity contribution is 0.482. The quantitative estimate of drug-likeness (QED) is 0.879. The van der Waals surface area contributed by atoms with Gasteiger partial charge >= 0.3 is 0 Å². The Bertz CT molecular complexity index is 562. The minimum absolute atomic E-state index is 0.160. The van der Waals surface area contributed by atoms with Crippen LogP contribution in [0.25, 0.3) is 0 Å². The molecule has 2 N–H and O–H groups in total. The van der Waals surface area contributed by atoms with Crippen LogP contribution in [0.2, 0.25) is 5.02 Å². The topological polar surface area (TPSA) is 26.0 Å². The third-order valence-corrected chi connectivity index (χ3v) is 3.14. The van der Waals surface area contributed by atoms with Gasteiger partial charge in [-0.3, -0.25) is 0 Å². The van der Waals surface area contributed by atoms with E-state index in [1.54, 1.807) is 31.2 Å². The summed E-state index contributed by atoms with van der Waals surface area (Å²) in [6.07, 6.45) is 0. The zero-order chi connectivity index (χ0) is 13.3. The van der Waals surface area contributed by atoms with Crippen molar-refractivity contribution in [1.29, 1.82) is 0 Å². The first-order chi connectivity index (χ1) is 8.43. The van der Waals surface area contributed by atoms with E-state index >= 15 is 0 Å². The zero-order valence-electron chi connectivity index (χ0n) is 9.75. The molecule has 1 nitrogen and oxygen atoms in total. The van der Waals surface area contributed by atoms with E-state index in [-0.39, 0.29) is 5.56 Å². The summed E-state index contributed by atoms with van der Waals surface area (Å²) in [6, 6.07) is 10.4. The lowest BCUT2D eigenvalue weighted by Crippen LogP contribution is -2.36. The molecule has 18 heavy (non-hydrogen) atoms. The van der Waals surface area contributed by atoms with Crippen molar-refractivity contribution < 1.29 is 8.78 Å². The van der Waals surface area contributed by atoms with E-state index in [0.29, 0.717) is 10.6 Å². The first-order valence-electron chi connectivity index (χ1n) is 5.42. The normalized spacial score (nSPS) is 14.3. The van der Waals surface area contributed by atoms with Gasteiger partial charge < -0.3 is 5.73 Å². The van der Waals surface area contributed by atoms with Gasteiger partial charge in [0.25, 0.3) is 0 Å². The molecule has 0 saturated heterocycles. The van der Waals surface area contributed by atoms with Crippen molar-refractivity contribution in [2.24, 2.45) is 5.73 Å². The van der Waals surface area contributed by atoms with Crippen molar-refractivity contribution in [1.82, 2.24) is 0 Å². The smallest absolute Gasteiger partial charge is 0.131 e. The lowest BCUT2D eigenvalue weighted by atomic mass is 9.85. The molecule has 94 valence electrons. The Hall–Kier alpha value is -1.45. The fraction of sp³-hybridized carbons (Fsp3) is 0.143. The third-order valence-electron chi connectivity index (χ3n) is 2.91. The van der Waals surface area contributed by atoms with Gasteiger partial charge in [0, 0.05) is 10.6 Å². The molecule has 2 rings (SSSR count). The number of nitrogens with two attached hydrogens (primary N) is 1. The molecule has 2 aromatic carbocycles.